The molecular weight excluding hydrogens is 252 g/mol. The Morgan fingerprint density at radius 1 is 1.50 bits per heavy atom. The number of nitrogens with two attached hydrogens (primary N) is 1. The topological polar surface area (TPSA) is 55.6 Å². The van der Waals surface area contributed by atoms with Gasteiger partial charge in [-0.3, -0.25) is 4.79 Å². The predicted molar refractivity (Wildman–Crippen MR) is 70.5 cm³/mol. The molecule has 0 bridgehead atoms. The second kappa shape index (κ2) is 6.18. The summed E-state index contributed by atoms with van der Waals surface area (Å²) >= 11 is 6.11. The predicted octanol–water partition coefficient (Wildman–Crippen LogP) is 1.07. The average Bonchev–Trinajstić information content (AvgIpc) is 2.41. The van der Waals surface area contributed by atoms with Crippen LogP contribution in [0.4, 0.5) is 0 Å². The Kier molecular flexibility index (Phi) is 4.58. The average molecular weight is 269 g/mol. The van der Waals surface area contributed by atoms with Crippen LogP contribution in [-0.4, -0.2) is 43.2 Å². The molecule has 1 aromatic carbocycles. The Hall–Kier alpha value is -1.10. The fourth-order valence-electron chi connectivity index (χ4n) is 2.11. The van der Waals surface area contributed by atoms with E-state index >= 15 is 0 Å². The van der Waals surface area contributed by atoms with Crippen molar-refractivity contribution >= 4 is 17.5 Å². The number of morpholine rings is 1. The number of amides is 1. The minimum Gasteiger partial charge on any atom is -0.374 e. The van der Waals surface area contributed by atoms with Crippen LogP contribution in [0.25, 0.3) is 0 Å². The van der Waals surface area contributed by atoms with E-state index in [9.17, 15) is 4.79 Å². The Bertz CT molecular complexity index is 425. The lowest BCUT2D eigenvalue weighted by molar-refractivity contribution is -0.137. The van der Waals surface area contributed by atoms with Gasteiger partial charge in [0.1, 0.15) is 0 Å². The Balaban J connectivity index is 1.98. The highest BCUT2D eigenvalue weighted by Gasteiger charge is 2.23. The van der Waals surface area contributed by atoms with Gasteiger partial charge in [-0.1, -0.05) is 29.8 Å². The number of nitrogens with zero attached hydrogens (tertiary/aromatic N) is 1. The lowest BCUT2D eigenvalue weighted by Gasteiger charge is -2.33. The van der Waals surface area contributed by atoms with E-state index in [1.807, 2.05) is 24.3 Å². The van der Waals surface area contributed by atoms with Crippen LogP contribution in [0.2, 0.25) is 5.02 Å². The standard InChI is InChI=1S/C13H17ClN2O2/c14-12-4-2-1-3-10(12)7-11-9-16(5-6-18-11)13(17)8-15/h1-4,11H,5-9,15H2. The molecule has 2 rings (SSSR count). The lowest BCUT2D eigenvalue weighted by Crippen LogP contribution is -2.48. The van der Waals surface area contributed by atoms with Crippen molar-refractivity contribution in [2.75, 3.05) is 26.2 Å². The monoisotopic (exact) mass is 268 g/mol. The first-order valence-corrected chi connectivity index (χ1v) is 6.41. The van der Waals surface area contributed by atoms with E-state index < -0.39 is 0 Å². The highest BCUT2D eigenvalue weighted by Crippen LogP contribution is 2.19. The molecule has 1 amide bonds. The molecule has 1 aliphatic rings. The molecule has 18 heavy (non-hydrogen) atoms. The number of hydrogen-bond acceptors (Lipinski definition) is 3. The van der Waals surface area contributed by atoms with Gasteiger partial charge in [-0.05, 0) is 11.6 Å². The van der Waals surface area contributed by atoms with Crippen LogP contribution in [0.3, 0.4) is 0 Å². The van der Waals surface area contributed by atoms with Crippen molar-refractivity contribution < 1.29 is 9.53 Å². The normalized spacial score (nSPS) is 19.9. The Morgan fingerprint density at radius 3 is 3.00 bits per heavy atom. The van der Waals surface area contributed by atoms with E-state index in [0.717, 1.165) is 10.6 Å². The van der Waals surface area contributed by atoms with Crippen molar-refractivity contribution in [2.24, 2.45) is 5.73 Å². The molecule has 2 N–H and O–H groups in total. The molecule has 1 fully saturated rings. The van der Waals surface area contributed by atoms with Gasteiger partial charge in [0, 0.05) is 24.5 Å². The second-order valence-corrected chi connectivity index (χ2v) is 4.74. The first-order chi connectivity index (χ1) is 8.70. The summed E-state index contributed by atoms with van der Waals surface area (Å²) in [5, 5.41) is 0.739. The van der Waals surface area contributed by atoms with Crippen molar-refractivity contribution in [3.05, 3.63) is 34.9 Å². The highest BCUT2D eigenvalue weighted by molar-refractivity contribution is 6.31. The zero-order valence-corrected chi connectivity index (χ0v) is 10.9. The summed E-state index contributed by atoms with van der Waals surface area (Å²) in [6.07, 6.45) is 0.711. The quantitative estimate of drug-likeness (QED) is 0.892. The summed E-state index contributed by atoms with van der Waals surface area (Å²) in [7, 11) is 0. The Morgan fingerprint density at radius 2 is 2.28 bits per heavy atom. The maximum absolute atomic E-state index is 11.6. The van der Waals surface area contributed by atoms with E-state index in [1.54, 1.807) is 4.90 Å². The van der Waals surface area contributed by atoms with Crippen molar-refractivity contribution in [3.63, 3.8) is 0 Å². The molecule has 1 atom stereocenters. The van der Waals surface area contributed by atoms with Crippen molar-refractivity contribution in [2.45, 2.75) is 12.5 Å². The van der Waals surface area contributed by atoms with Crippen LogP contribution < -0.4 is 5.73 Å². The molecule has 98 valence electrons. The fraction of sp³-hybridized carbons (Fsp3) is 0.462. The van der Waals surface area contributed by atoms with Gasteiger partial charge in [0.05, 0.1) is 19.3 Å². The number of ether oxygens (including phenoxy) is 1. The van der Waals surface area contributed by atoms with Gasteiger partial charge >= 0.3 is 0 Å². The number of carbonyl (C=O) groups is 1. The molecule has 1 aromatic rings. The minimum absolute atomic E-state index is 0.00542. The van der Waals surface area contributed by atoms with Gasteiger partial charge < -0.3 is 15.4 Å². The third-order valence-electron chi connectivity index (χ3n) is 3.07. The molecule has 0 radical (unpaired) electrons. The van der Waals surface area contributed by atoms with E-state index in [-0.39, 0.29) is 18.6 Å². The minimum atomic E-state index is -0.0255. The van der Waals surface area contributed by atoms with Gasteiger partial charge in [0.2, 0.25) is 5.91 Å². The molecule has 1 heterocycles. The smallest absolute Gasteiger partial charge is 0.236 e. The summed E-state index contributed by atoms with van der Waals surface area (Å²) in [5.41, 5.74) is 6.42. The second-order valence-electron chi connectivity index (χ2n) is 4.33. The molecule has 0 saturated carbocycles. The molecule has 4 nitrogen and oxygen atoms in total. The molecular formula is C13H17ClN2O2. The molecule has 5 heteroatoms. The zero-order valence-electron chi connectivity index (χ0n) is 10.1. The number of rotatable bonds is 3. The third kappa shape index (κ3) is 3.22. The number of hydrogen-bond donors (Lipinski definition) is 1. The lowest BCUT2D eigenvalue weighted by atomic mass is 10.1. The Labute approximate surface area is 112 Å². The fourth-order valence-corrected chi connectivity index (χ4v) is 2.32. The molecule has 0 aliphatic carbocycles. The van der Waals surface area contributed by atoms with Crippen LogP contribution in [0, 0.1) is 0 Å². The third-order valence-corrected chi connectivity index (χ3v) is 3.44. The first-order valence-electron chi connectivity index (χ1n) is 6.03. The van der Waals surface area contributed by atoms with Crippen LogP contribution in [0.15, 0.2) is 24.3 Å². The zero-order chi connectivity index (χ0) is 13.0. The van der Waals surface area contributed by atoms with E-state index in [0.29, 0.717) is 26.1 Å². The number of carbonyl (C=O) groups excluding carboxylic acids is 1. The summed E-state index contributed by atoms with van der Waals surface area (Å²) in [6.45, 7) is 1.82. The molecule has 1 saturated heterocycles. The van der Waals surface area contributed by atoms with Crippen molar-refractivity contribution in [1.82, 2.24) is 4.90 Å². The van der Waals surface area contributed by atoms with Crippen LogP contribution in [0.5, 0.6) is 0 Å². The van der Waals surface area contributed by atoms with Crippen molar-refractivity contribution in [3.8, 4) is 0 Å². The molecule has 0 spiro atoms. The van der Waals surface area contributed by atoms with Crippen LogP contribution >= 0.6 is 11.6 Å². The number of halogens is 1. The van der Waals surface area contributed by atoms with E-state index in [2.05, 4.69) is 0 Å². The van der Waals surface area contributed by atoms with Gasteiger partial charge in [0.15, 0.2) is 0 Å². The summed E-state index contributed by atoms with van der Waals surface area (Å²) in [6, 6.07) is 7.70. The van der Waals surface area contributed by atoms with Gasteiger partial charge in [0.25, 0.3) is 0 Å². The van der Waals surface area contributed by atoms with Crippen molar-refractivity contribution in [1.29, 1.82) is 0 Å². The van der Waals surface area contributed by atoms with E-state index in [1.165, 1.54) is 0 Å². The van der Waals surface area contributed by atoms with Gasteiger partial charge in [-0.15, -0.1) is 0 Å². The number of benzene rings is 1. The maximum atomic E-state index is 11.6. The largest absolute Gasteiger partial charge is 0.374 e. The highest BCUT2D eigenvalue weighted by atomic mass is 35.5. The SMILES string of the molecule is NCC(=O)N1CCOC(Cc2ccccc2Cl)C1. The summed E-state index contributed by atoms with van der Waals surface area (Å²) < 4.78 is 5.67. The molecule has 0 aromatic heterocycles. The van der Waals surface area contributed by atoms with Gasteiger partial charge in [-0.2, -0.15) is 0 Å². The van der Waals surface area contributed by atoms with Gasteiger partial charge in [-0.25, -0.2) is 0 Å². The summed E-state index contributed by atoms with van der Waals surface area (Å²) in [4.78, 5) is 13.3. The maximum Gasteiger partial charge on any atom is 0.236 e. The summed E-state index contributed by atoms with van der Waals surface area (Å²) in [5.74, 6) is -0.0255. The molecule has 1 unspecified atom stereocenters. The first kappa shape index (κ1) is 13.3. The molecule has 1 aliphatic heterocycles. The van der Waals surface area contributed by atoms with Crippen LogP contribution in [-0.2, 0) is 16.0 Å². The van der Waals surface area contributed by atoms with E-state index in [4.69, 9.17) is 22.1 Å². The van der Waals surface area contributed by atoms with Crippen LogP contribution in [0.1, 0.15) is 5.56 Å².